The van der Waals surface area contributed by atoms with E-state index in [1.54, 1.807) is 65.8 Å². The smallest absolute Gasteiger partial charge is 0.408 e. The molecule has 1 aromatic rings. The SMILES string of the molecule is COc1cccc(C(NC(=O)OC(C)(C)C)C(=O)OC(C)(C)C)c1. The third-order valence-electron chi connectivity index (χ3n) is 2.73. The normalized spacial score (nSPS) is 13.0. The highest BCUT2D eigenvalue weighted by atomic mass is 16.6. The van der Waals surface area contributed by atoms with Crippen LogP contribution in [0.3, 0.4) is 0 Å². The van der Waals surface area contributed by atoms with Crippen LogP contribution in [0.15, 0.2) is 24.3 Å². The summed E-state index contributed by atoms with van der Waals surface area (Å²) in [5, 5.41) is 2.57. The Kier molecular flexibility index (Phi) is 6.23. The van der Waals surface area contributed by atoms with Crippen molar-refractivity contribution < 1.29 is 23.8 Å². The van der Waals surface area contributed by atoms with E-state index in [4.69, 9.17) is 14.2 Å². The molecule has 1 unspecified atom stereocenters. The van der Waals surface area contributed by atoms with Crippen molar-refractivity contribution in [2.75, 3.05) is 7.11 Å². The fourth-order valence-corrected chi connectivity index (χ4v) is 1.89. The number of hydrogen-bond acceptors (Lipinski definition) is 5. The topological polar surface area (TPSA) is 73.9 Å². The molecule has 134 valence electrons. The molecule has 0 saturated heterocycles. The number of methoxy groups -OCH3 is 1. The van der Waals surface area contributed by atoms with Crippen LogP contribution in [-0.4, -0.2) is 30.4 Å². The molecule has 1 N–H and O–H groups in total. The van der Waals surface area contributed by atoms with E-state index >= 15 is 0 Å². The van der Waals surface area contributed by atoms with Gasteiger partial charge in [0.15, 0.2) is 6.04 Å². The molecule has 0 aliphatic rings. The molecule has 0 aliphatic carbocycles. The van der Waals surface area contributed by atoms with E-state index < -0.39 is 29.3 Å². The molecular formula is C18H27NO5. The van der Waals surface area contributed by atoms with Crippen LogP contribution in [0, 0.1) is 0 Å². The van der Waals surface area contributed by atoms with Crippen LogP contribution in [0.5, 0.6) is 5.75 Å². The summed E-state index contributed by atoms with van der Waals surface area (Å²) < 4.78 is 15.8. The van der Waals surface area contributed by atoms with Gasteiger partial charge in [0.05, 0.1) is 7.11 Å². The van der Waals surface area contributed by atoms with Gasteiger partial charge in [0, 0.05) is 0 Å². The first-order chi connectivity index (χ1) is 10.9. The highest BCUT2D eigenvalue weighted by Gasteiger charge is 2.30. The van der Waals surface area contributed by atoms with E-state index in [1.165, 1.54) is 7.11 Å². The quantitative estimate of drug-likeness (QED) is 0.850. The van der Waals surface area contributed by atoms with E-state index in [0.29, 0.717) is 11.3 Å². The highest BCUT2D eigenvalue weighted by Crippen LogP contribution is 2.23. The van der Waals surface area contributed by atoms with Gasteiger partial charge < -0.3 is 19.5 Å². The molecule has 6 nitrogen and oxygen atoms in total. The van der Waals surface area contributed by atoms with E-state index in [2.05, 4.69) is 5.32 Å². The van der Waals surface area contributed by atoms with Gasteiger partial charge in [-0.25, -0.2) is 9.59 Å². The van der Waals surface area contributed by atoms with Crippen molar-refractivity contribution in [2.45, 2.75) is 58.8 Å². The molecule has 6 heteroatoms. The van der Waals surface area contributed by atoms with Crippen molar-refractivity contribution in [1.82, 2.24) is 5.32 Å². The van der Waals surface area contributed by atoms with Crippen LogP contribution in [0.25, 0.3) is 0 Å². The number of alkyl carbamates (subject to hydrolysis) is 1. The summed E-state index contributed by atoms with van der Waals surface area (Å²) in [5.41, 5.74) is -0.796. The van der Waals surface area contributed by atoms with Crippen LogP contribution >= 0.6 is 0 Å². The summed E-state index contributed by atoms with van der Waals surface area (Å²) in [4.78, 5) is 24.6. The Hall–Kier alpha value is -2.24. The maximum Gasteiger partial charge on any atom is 0.408 e. The van der Waals surface area contributed by atoms with E-state index in [9.17, 15) is 9.59 Å². The average molecular weight is 337 g/mol. The fraction of sp³-hybridized carbons (Fsp3) is 0.556. The zero-order valence-corrected chi connectivity index (χ0v) is 15.4. The van der Waals surface area contributed by atoms with Crippen molar-refractivity contribution in [3.8, 4) is 5.75 Å². The summed E-state index contributed by atoms with van der Waals surface area (Å²) >= 11 is 0. The van der Waals surface area contributed by atoms with Crippen molar-refractivity contribution in [1.29, 1.82) is 0 Å². The molecule has 0 radical (unpaired) electrons. The van der Waals surface area contributed by atoms with Gasteiger partial charge in [-0.3, -0.25) is 0 Å². The third kappa shape index (κ3) is 6.89. The molecular weight excluding hydrogens is 310 g/mol. The Morgan fingerprint density at radius 1 is 1.00 bits per heavy atom. The molecule has 0 saturated carbocycles. The molecule has 1 amide bonds. The van der Waals surface area contributed by atoms with Crippen molar-refractivity contribution in [3.63, 3.8) is 0 Å². The van der Waals surface area contributed by atoms with Crippen LogP contribution in [0.2, 0.25) is 0 Å². The second-order valence-corrected chi connectivity index (χ2v) is 7.39. The van der Waals surface area contributed by atoms with Gasteiger partial charge in [-0.1, -0.05) is 12.1 Å². The predicted octanol–water partition coefficient (Wildman–Crippen LogP) is 3.60. The molecule has 0 spiro atoms. The Balaban J connectivity index is 3.07. The molecule has 0 heterocycles. The first-order valence-electron chi connectivity index (χ1n) is 7.77. The molecule has 1 aromatic carbocycles. The van der Waals surface area contributed by atoms with E-state index in [0.717, 1.165) is 0 Å². The summed E-state index contributed by atoms with van der Waals surface area (Å²) in [5.74, 6) is 0.00802. The molecule has 0 fully saturated rings. The maximum absolute atomic E-state index is 12.5. The number of benzene rings is 1. The molecule has 0 aliphatic heterocycles. The lowest BCUT2D eigenvalue weighted by Gasteiger charge is -2.26. The zero-order chi connectivity index (χ0) is 18.5. The Bertz CT molecular complexity index is 584. The van der Waals surface area contributed by atoms with Crippen molar-refractivity contribution >= 4 is 12.1 Å². The number of hydrogen-bond donors (Lipinski definition) is 1. The Morgan fingerprint density at radius 3 is 2.08 bits per heavy atom. The first-order valence-corrected chi connectivity index (χ1v) is 7.77. The van der Waals surface area contributed by atoms with Crippen molar-refractivity contribution in [3.05, 3.63) is 29.8 Å². The Labute approximate surface area is 143 Å². The molecule has 0 bridgehead atoms. The molecule has 24 heavy (non-hydrogen) atoms. The number of rotatable bonds is 4. The second kappa shape index (κ2) is 7.55. The lowest BCUT2D eigenvalue weighted by atomic mass is 10.1. The molecule has 1 rings (SSSR count). The van der Waals surface area contributed by atoms with E-state index in [-0.39, 0.29) is 0 Å². The van der Waals surface area contributed by atoms with Crippen LogP contribution in [0.1, 0.15) is 53.1 Å². The van der Waals surface area contributed by atoms with Crippen LogP contribution in [0.4, 0.5) is 4.79 Å². The Morgan fingerprint density at radius 2 is 1.58 bits per heavy atom. The third-order valence-corrected chi connectivity index (χ3v) is 2.73. The number of carbonyl (C=O) groups is 2. The monoisotopic (exact) mass is 337 g/mol. The number of carbonyl (C=O) groups excluding carboxylic acids is 2. The minimum absolute atomic E-state index is 0.550. The molecule has 0 aromatic heterocycles. The summed E-state index contributed by atoms with van der Waals surface area (Å²) in [6.07, 6.45) is -0.693. The van der Waals surface area contributed by atoms with Gasteiger partial charge in [-0.15, -0.1) is 0 Å². The second-order valence-electron chi connectivity index (χ2n) is 7.39. The fourth-order valence-electron chi connectivity index (χ4n) is 1.89. The van der Waals surface area contributed by atoms with Gasteiger partial charge in [0.2, 0.25) is 0 Å². The zero-order valence-electron chi connectivity index (χ0n) is 15.4. The van der Waals surface area contributed by atoms with Gasteiger partial charge >= 0.3 is 12.1 Å². The average Bonchev–Trinajstić information content (AvgIpc) is 2.41. The first kappa shape index (κ1) is 19.8. The lowest BCUT2D eigenvalue weighted by molar-refractivity contribution is -0.157. The standard InChI is InChI=1S/C18H27NO5/c1-17(2,3)23-15(20)14(19-16(21)24-18(4,5)6)12-9-8-10-13(11-12)22-7/h8-11,14H,1-7H3,(H,19,21). The number of nitrogens with one attached hydrogen (secondary N) is 1. The lowest BCUT2D eigenvalue weighted by Crippen LogP contribution is -2.40. The van der Waals surface area contributed by atoms with Gasteiger partial charge in [0.1, 0.15) is 17.0 Å². The predicted molar refractivity (Wildman–Crippen MR) is 90.9 cm³/mol. The van der Waals surface area contributed by atoms with Gasteiger partial charge in [-0.05, 0) is 59.2 Å². The van der Waals surface area contributed by atoms with Crippen LogP contribution < -0.4 is 10.1 Å². The highest BCUT2D eigenvalue weighted by molar-refractivity contribution is 5.83. The summed E-state index contributed by atoms with van der Waals surface area (Å²) in [7, 11) is 1.53. The maximum atomic E-state index is 12.5. The summed E-state index contributed by atoms with van der Waals surface area (Å²) in [6.45, 7) is 10.5. The van der Waals surface area contributed by atoms with Gasteiger partial charge in [0.25, 0.3) is 0 Å². The van der Waals surface area contributed by atoms with Gasteiger partial charge in [-0.2, -0.15) is 0 Å². The van der Waals surface area contributed by atoms with E-state index in [1.807, 2.05) is 0 Å². The van der Waals surface area contributed by atoms with Crippen molar-refractivity contribution in [2.24, 2.45) is 0 Å². The minimum atomic E-state index is -0.992. The van der Waals surface area contributed by atoms with Crippen LogP contribution in [-0.2, 0) is 14.3 Å². The number of amides is 1. The number of esters is 1. The number of ether oxygens (including phenoxy) is 3. The largest absolute Gasteiger partial charge is 0.497 e. The minimum Gasteiger partial charge on any atom is -0.497 e. The molecule has 1 atom stereocenters. The summed E-state index contributed by atoms with van der Waals surface area (Å²) in [6, 6.07) is 5.89.